The minimum atomic E-state index is -0.0906. The van der Waals surface area contributed by atoms with Crippen LogP contribution in [0.15, 0.2) is 33.7 Å². The highest BCUT2D eigenvalue weighted by molar-refractivity contribution is 7.98. The summed E-state index contributed by atoms with van der Waals surface area (Å²) < 4.78 is 10.4. The van der Waals surface area contributed by atoms with E-state index < -0.39 is 0 Å². The molecule has 0 saturated carbocycles. The number of hydrogen-bond acceptors (Lipinski definition) is 6. The van der Waals surface area contributed by atoms with E-state index in [-0.39, 0.29) is 6.10 Å². The van der Waals surface area contributed by atoms with Crippen LogP contribution in [0.3, 0.4) is 0 Å². The van der Waals surface area contributed by atoms with Gasteiger partial charge in [-0.2, -0.15) is 4.98 Å². The molecule has 2 N–H and O–H groups in total. The van der Waals surface area contributed by atoms with Crippen LogP contribution in [0.4, 0.5) is 0 Å². The smallest absolute Gasteiger partial charge is 0.229 e. The first-order chi connectivity index (χ1) is 9.26. The summed E-state index contributed by atoms with van der Waals surface area (Å²) in [6.45, 7) is 0.427. The average molecular weight is 279 g/mol. The first-order valence-corrected chi connectivity index (χ1v) is 7.19. The van der Waals surface area contributed by atoms with Crippen molar-refractivity contribution in [2.24, 2.45) is 5.73 Å². The van der Waals surface area contributed by atoms with E-state index in [1.807, 2.05) is 30.5 Å². The Hall–Kier alpha value is -1.37. The molecule has 2 rings (SSSR count). The van der Waals surface area contributed by atoms with Crippen LogP contribution in [-0.2, 0) is 11.2 Å². The minimum absolute atomic E-state index is 0.0906. The number of rotatable bonds is 6. The van der Waals surface area contributed by atoms with Gasteiger partial charge in [0, 0.05) is 24.1 Å². The average Bonchev–Trinajstić information content (AvgIpc) is 2.93. The standard InChI is InChI=1S/C13H17N3O2S/c1-17-10(8-14)7-12-15-13(16-18-12)9-3-5-11(19-2)6-4-9/h3-6,10H,7-8,14H2,1-2H3. The zero-order chi connectivity index (χ0) is 13.7. The van der Waals surface area contributed by atoms with Crippen molar-refractivity contribution in [2.75, 3.05) is 19.9 Å². The van der Waals surface area contributed by atoms with Gasteiger partial charge in [-0.1, -0.05) is 5.16 Å². The Labute approximate surface area is 116 Å². The van der Waals surface area contributed by atoms with Crippen molar-refractivity contribution in [3.05, 3.63) is 30.2 Å². The van der Waals surface area contributed by atoms with Crippen LogP contribution in [0.1, 0.15) is 5.89 Å². The molecule has 0 radical (unpaired) electrons. The number of hydrogen-bond donors (Lipinski definition) is 1. The molecule has 5 nitrogen and oxygen atoms in total. The zero-order valence-corrected chi connectivity index (χ0v) is 11.8. The highest BCUT2D eigenvalue weighted by Gasteiger charge is 2.13. The van der Waals surface area contributed by atoms with Crippen molar-refractivity contribution in [1.29, 1.82) is 0 Å². The third-order valence-corrected chi connectivity index (χ3v) is 3.56. The lowest BCUT2D eigenvalue weighted by atomic mass is 10.2. The zero-order valence-electron chi connectivity index (χ0n) is 11.0. The molecule has 0 fully saturated rings. The molecule has 1 aromatic heterocycles. The van der Waals surface area contributed by atoms with Crippen molar-refractivity contribution >= 4 is 11.8 Å². The van der Waals surface area contributed by atoms with Gasteiger partial charge in [0.25, 0.3) is 0 Å². The van der Waals surface area contributed by atoms with Gasteiger partial charge in [0.1, 0.15) is 0 Å². The summed E-state index contributed by atoms with van der Waals surface area (Å²) in [5.74, 6) is 1.13. The molecule has 102 valence electrons. The van der Waals surface area contributed by atoms with Gasteiger partial charge in [0.2, 0.25) is 11.7 Å². The van der Waals surface area contributed by atoms with Crippen LogP contribution in [0, 0.1) is 0 Å². The molecule has 0 aliphatic carbocycles. The largest absolute Gasteiger partial charge is 0.380 e. The van der Waals surface area contributed by atoms with Crippen LogP contribution in [0.5, 0.6) is 0 Å². The van der Waals surface area contributed by atoms with Gasteiger partial charge >= 0.3 is 0 Å². The maximum absolute atomic E-state index is 5.56. The number of nitrogens with zero attached hydrogens (tertiary/aromatic N) is 2. The maximum Gasteiger partial charge on any atom is 0.229 e. The quantitative estimate of drug-likeness (QED) is 0.815. The molecule has 1 heterocycles. The molecule has 0 aliphatic heterocycles. The van der Waals surface area contributed by atoms with E-state index in [4.69, 9.17) is 15.0 Å². The van der Waals surface area contributed by atoms with Crippen molar-refractivity contribution in [3.8, 4) is 11.4 Å². The summed E-state index contributed by atoms with van der Waals surface area (Å²) in [7, 11) is 1.62. The number of aromatic nitrogens is 2. The van der Waals surface area contributed by atoms with E-state index in [2.05, 4.69) is 10.1 Å². The summed E-state index contributed by atoms with van der Waals surface area (Å²) in [6, 6.07) is 8.04. The molecule has 1 aromatic carbocycles. The molecule has 0 amide bonds. The van der Waals surface area contributed by atoms with Gasteiger partial charge in [-0.15, -0.1) is 11.8 Å². The minimum Gasteiger partial charge on any atom is -0.380 e. The Morgan fingerprint density at radius 1 is 1.37 bits per heavy atom. The fourth-order valence-electron chi connectivity index (χ4n) is 1.65. The van der Waals surface area contributed by atoms with E-state index >= 15 is 0 Å². The Balaban J connectivity index is 2.11. The van der Waals surface area contributed by atoms with E-state index in [1.54, 1.807) is 18.9 Å². The number of thioether (sulfide) groups is 1. The Bertz CT molecular complexity index is 509. The van der Waals surface area contributed by atoms with Crippen molar-refractivity contribution < 1.29 is 9.26 Å². The molecule has 0 bridgehead atoms. The van der Waals surface area contributed by atoms with E-state index in [1.165, 1.54) is 4.90 Å². The third kappa shape index (κ3) is 3.56. The van der Waals surface area contributed by atoms with Crippen LogP contribution in [-0.4, -0.2) is 36.2 Å². The molecule has 1 atom stereocenters. The summed E-state index contributed by atoms with van der Waals surface area (Å²) in [4.78, 5) is 5.56. The molecule has 1 unspecified atom stereocenters. The molecule has 0 aliphatic rings. The first kappa shape index (κ1) is 14.0. The van der Waals surface area contributed by atoms with Crippen LogP contribution in [0.2, 0.25) is 0 Å². The third-order valence-electron chi connectivity index (χ3n) is 2.81. The van der Waals surface area contributed by atoms with Gasteiger partial charge in [0.15, 0.2) is 0 Å². The molecule has 0 spiro atoms. The van der Waals surface area contributed by atoms with Gasteiger partial charge in [-0.3, -0.25) is 0 Å². The topological polar surface area (TPSA) is 74.2 Å². The van der Waals surface area contributed by atoms with Gasteiger partial charge in [-0.25, -0.2) is 0 Å². The number of ether oxygens (including phenoxy) is 1. The van der Waals surface area contributed by atoms with E-state index in [0.29, 0.717) is 24.7 Å². The summed E-state index contributed by atoms with van der Waals surface area (Å²) >= 11 is 1.70. The molecule has 6 heteroatoms. The fourth-order valence-corrected chi connectivity index (χ4v) is 2.06. The first-order valence-electron chi connectivity index (χ1n) is 5.96. The second-order valence-corrected chi connectivity index (χ2v) is 4.92. The van der Waals surface area contributed by atoms with Crippen molar-refractivity contribution in [1.82, 2.24) is 10.1 Å². The second-order valence-electron chi connectivity index (χ2n) is 4.04. The lowest BCUT2D eigenvalue weighted by Crippen LogP contribution is -2.24. The fraction of sp³-hybridized carbons (Fsp3) is 0.385. The number of methoxy groups -OCH3 is 1. The predicted molar refractivity (Wildman–Crippen MR) is 75.1 cm³/mol. The van der Waals surface area contributed by atoms with Crippen molar-refractivity contribution in [3.63, 3.8) is 0 Å². The lowest BCUT2D eigenvalue weighted by molar-refractivity contribution is 0.102. The van der Waals surface area contributed by atoms with Crippen LogP contribution < -0.4 is 5.73 Å². The second kappa shape index (κ2) is 6.70. The van der Waals surface area contributed by atoms with Gasteiger partial charge < -0.3 is 15.0 Å². The summed E-state index contributed by atoms with van der Waals surface area (Å²) in [5, 5.41) is 3.97. The molecular formula is C13H17N3O2S. The predicted octanol–water partition coefficient (Wildman–Crippen LogP) is 1.97. The Kier molecular flexibility index (Phi) is 4.95. The number of nitrogens with two attached hydrogens (primary N) is 1. The Morgan fingerprint density at radius 2 is 2.11 bits per heavy atom. The lowest BCUT2D eigenvalue weighted by Gasteiger charge is -2.08. The monoisotopic (exact) mass is 279 g/mol. The SMILES string of the molecule is COC(CN)Cc1nc(-c2ccc(SC)cc2)no1. The van der Waals surface area contributed by atoms with Crippen LogP contribution >= 0.6 is 11.8 Å². The van der Waals surface area contributed by atoms with Gasteiger partial charge in [-0.05, 0) is 30.5 Å². The molecule has 19 heavy (non-hydrogen) atoms. The van der Waals surface area contributed by atoms with Crippen molar-refractivity contribution in [2.45, 2.75) is 17.4 Å². The highest BCUT2D eigenvalue weighted by atomic mass is 32.2. The maximum atomic E-state index is 5.56. The summed E-state index contributed by atoms with van der Waals surface area (Å²) in [6.07, 6.45) is 2.48. The normalized spacial score (nSPS) is 12.6. The number of benzene rings is 1. The van der Waals surface area contributed by atoms with Crippen LogP contribution in [0.25, 0.3) is 11.4 Å². The Morgan fingerprint density at radius 3 is 2.68 bits per heavy atom. The van der Waals surface area contributed by atoms with Gasteiger partial charge in [0.05, 0.1) is 12.5 Å². The molecule has 0 saturated heterocycles. The van der Waals surface area contributed by atoms with E-state index in [0.717, 1.165) is 5.56 Å². The van der Waals surface area contributed by atoms with E-state index in [9.17, 15) is 0 Å². The molecule has 2 aromatic rings. The highest BCUT2D eigenvalue weighted by Crippen LogP contribution is 2.21. The summed E-state index contributed by atoms with van der Waals surface area (Å²) in [5.41, 5.74) is 6.50. The molecular weight excluding hydrogens is 262 g/mol.